The Morgan fingerprint density at radius 1 is 1.31 bits per heavy atom. The maximum atomic E-state index is 4.21. The Morgan fingerprint density at radius 2 is 2.19 bits per heavy atom. The van der Waals surface area contributed by atoms with E-state index in [-0.39, 0.29) is 0 Å². The second-order valence-corrected chi connectivity index (χ2v) is 5.57. The highest BCUT2D eigenvalue weighted by atomic mass is 27.0. The molecule has 4 nitrogen and oxygen atoms in total. The molecule has 1 N–H and O–H groups in total. The standard InChI is InChI=1S/C11H17N4.Al/c1-2-7-14-8-3-5-11(10(14)4-1)15-9-6-12-13-15;/h9-11H,1-5,7-8H2;/p+1. The number of nitrogens with one attached hydrogen (secondary N) is 1. The Balaban J connectivity index is 1.82. The molecule has 0 aromatic carbocycles. The van der Waals surface area contributed by atoms with Crippen molar-refractivity contribution in [2.24, 2.45) is 0 Å². The average Bonchev–Trinajstić information content (AvgIpc) is 2.75. The predicted octanol–water partition coefficient (Wildman–Crippen LogP) is -0.320. The molecule has 84 valence electrons. The van der Waals surface area contributed by atoms with E-state index in [1.54, 1.807) is 0 Å². The van der Waals surface area contributed by atoms with Crippen LogP contribution in [-0.4, -0.2) is 50.6 Å². The maximum absolute atomic E-state index is 4.21. The van der Waals surface area contributed by atoms with Gasteiger partial charge in [0, 0.05) is 5.10 Å². The molecule has 2 atom stereocenters. The SMILES string of the molecule is [Al][c]1c[n+](C2CCCN3CCCCC23)[nH]n1. The van der Waals surface area contributed by atoms with Gasteiger partial charge in [-0.2, -0.15) is 4.68 Å². The van der Waals surface area contributed by atoms with Crippen LogP contribution in [0.5, 0.6) is 0 Å². The zero-order chi connectivity index (χ0) is 11.0. The summed E-state index contributed by atoms with van der Waals surface area (Å²) in [6.45, 7) is 2.59. The summed E-state index contributed by atoms with van der Waals surface area (Å²) in [4.78, 5) is 2.67. The van der Waals surface area contributed by atoms with Crippen molar-refractivity contribution in [3.63, 3.8) is 0 Å². The molecule has 2 fully saturated rings. The van der Waals surface area contributed by atoms with Gasteiger partial charge in [-0.05, 0) is 38.8 Å². The zero-order valence-corrected chi connectivity index (χ0v) is 10.8. The van der Waals surface area contributed by atoms with Crippen molar-refractivity contribution < 1.29 is 4.68 Å². The summed E-state index contributed by atoms with van der Waals surface area (Å²) >= 11 is 2.65. The molecule has 0 aliphatic carbocycles. The number of nitrogens with zero attached hydrogens (tertiary/aromatic N) is 3. The molecule has 2 unspecified atom stereocenters. The van der Waals surface area contributed by atoms with E-state index >= 15 is 0 Å². The van der Waals surface area contributed by atoms with Crippen LogP contribution in [0.1, 0.15) is 38.1 Å². The summed E-state index contributed by atoms with van der Waals surface area (Å²) in [5.74, 6) is 0. The second-order valence-electron chi connectivity index (χ2n) is 4.98. The molecule has 1 aromatic rings. The van der Waals surface area contributed by atoms with Gasteiger partial charge >= 0.3 is 0 Å². The van der Waals surface area contributed by atoms with Gasteiger partial charge in [-0.1, -0.05) is 11.6 Å². The van der Waals surface area contributed by atoms with E-state index in [9.17, 15) is 0 Å². The van der Waals surface area contributed by atoms with Crippen LogP contribution in [0.2, 0.25) is 0 Å². The molecule has 2 radical (unpaired) electrons. The highest BCUT2D eigenvalue weighted by Crippen LogP contribution is 2.30. The van der Waals surface area contributed by atoms with Gasteiger partial charge in [-0.15, -0.1) is 0 Å². The molecule has 0 saturated carbocycles. The zero-order valence-electron chi connectivity index (χ0n) is 9.60. The Morgan fingerprint density at radius 3 is 3.00 bits per heavy atom. The molecule has 1 aromatic heterocycles. The van der Waals surface area contributed by atoms with Gasteiger partial charge in [0.2, 0.25) is 0 Å². The van der Waals surface area contributed by atoms with E-state index in [0.29, 0.717) is 6.04 Å². The van der Waals surface area contributed by atoms with Crippen LogP contribution >= 0.6 is 0 Å². The van der Waals surface area contributed by atoms with Gasteiger partial charge in [0.15, 0.2) is 0 Å². The minimum absolute atomic E-state index is 0.607. The van der Waals surface area contributed by atoms with E-state index in [1.807, 2.05) is 0 Å². The van der Waals surface area contributed by atoms with Gasteiger partial charge in [-0.3, -0.25) is 4.90 Å². The van der Waals surface area contributed by atoms with Crippen LogP contribution in [0.4, 0.5) is 0 Å². The monoisotopic (exact) mass is 233 g/mol. The van der Waals surface area contributed by atoms with Crippen LogP contribution in [-0.2, 0) is 0 Å². The molecule has 5 heteroatoms. The third-order valence-corrected chi connectivity index (χ3v) is 4.25. The first kappa shape index (κ1) is 10.8. The van der Waals surface area contributed by atoms with Crippen molar-refractivity contribution in [2.75, 3.05) is 13.1 Å². The highest BCUT2D eigenvalue weighted by molar-refractivity contribution is 6.30. The van der Waals surface area contributed by atoms with Crippen LogP contribution in [0, 0.1) is 0 Å². The average molecular weight is 233 g/mol. The highest BCUT2D eigenvalue weighted by Gasteiger charge is 2.37. The summed E-state index contributed by atoms with van der Waals surface area (Å²) in [5, 5.41) is 7.34. The molecule has 0 spiro atoms. The molecule has 3 heterocycles. The summed E-state index contributed by atoms with van der Waals surface area (Å²) in [6, 6.07) is 1.34. The molecule has 2 aliphatic heterocycles. The summed E-state index contributed by atoms with van der Waals surface area (Å²) in [7, 11) is 0. The molecule has 2 aliphatic rings. The number of rotatable bonds is 1. The van der Waals surface area contributed by atoms with E-state index in [2.05, 4.69) is 42.4 Å². The number of fused-ring (bicyclic) bond motifs is 1. The van der Waals surface area contributed by atoms with Crippen molar-refractivity contribution in [3.8, 4) is 0 Å². The van der Waals surface area contributed by atoms with E-state index in [4.69, 9.17) is 0 Å². The van der Waals surface area contributed by atoms with E-state index in [0.717, 1.165) is 10.6 Å². The minimum Gasteiger partial charge on any atom is -0.296 e. The van der Waals surface area contributed by atoms with Crippen molar-refractivity contribution in [1.29, 1.82) is 0 Å². The largest absolute Gasteiger partial charge is 0.296 e. The summed E-state index contributed by atoms with van der Waals surface area (Å²) in [6.07, 6.45) is 8.85. The third kappa shape index (κ3) is 1.92. The maximum Gasteiger partial charge on any atom is 0.268 e. The Labute approximate surface area is 104 Å². The Hall–Kier alpha value is -0.368. The van der Waals surface area contributed by atoms with Crippen LogP contribution < -0.4 is 9.24 Å². The molecular weight excluding hydrogens is 215 g/mol. The lowest BCUT2D eigenvalue weighted by Crippen LogP contribution is -2.57. The molecule has 2 saturated heterocycles. The third-order valence-electron chi connectivity index (χ3n) is 3.98. The van der Waals surface area contributed by atoms with Gasteiger partial charge in [-0.25, -0.2) is 0 Å². The lowest BCUT2D eigenvalue weighted by atomic mass is 9.89. The van der Waals surface area contributed by atoms with E-state index in [1.165, 1.54) is 45.2 Å². The molecule has 0 amide bonds. The quantitative estimate of drug-likeness (QED) is 0.533. The molecule has 3 rings (SSSR count). The van der Waals surface area contributed by atoms with Crippen molar-refractivity contribution in [2.45, 2.75) is 44.2 Å². The molecule has 16 heavy (non-hydrogen) atoms. The lowest BCUT2D eigenvalue weighted by Gasteiger charge is -2.42. The van der Waals surface area contributed by atoms with Gasteiger partial charge in [0.1, 0.15) is 16.8 Å². The summed E-state index contributed by atoms with van der Waals surface area (Å²) < 4.78 is 3.22. The number of piperidine rings is 2. The first-order valence-corrected chi connectivity index (χ1v) is 6.88. The van der Waals surface area contributed by atoms with Crippen LogP contribution in [0.15, 0.2) is 6.20 Å². The van der Waals surface area contributed by atoms with Crippen LogP contribution in [0.25, 0.3) is 0 Å². The molecular formula is C11H18AlN4+. The first-order valence-electron chi connectivity index (χ1n) is 6.31. The number of aromatic nitrogens is 3. The van der Waals surface area contributed by atoms with Gasteiger partial charge < -0.3 is 0 Å². The van der Waals surface area contributed by atoms with Gasteiger partial charge in [0.25, 0.3) is 16.3 Å². The number of aromatic amines is 1. The number of hydrogen-bond donors (Lipinski definition) is 1. The second kappa shape index (κ2) is 4.48. The topological polar surface area (TPSA) is 35.8 Å². The smallest absolute Gasteiger partial charge is 0.268 e. The predicted molar refractivity (Wildman–Crippen MR) is 61.7 cm³/mol. The summed E-state index contributed by atoms with van der Waals surface area (Å²) in [5.41, 5.74) is 0. The van der Waals surface area contributed by atoms with E-state index < -0.39 is 0 Å². The number of hydrogen-bond acceptors (Lipinski definition) is 2. The fourth-order valence-corrected chi connectivity index (χ4v) is 3.45. The first-order chi connectivity index (χ1) is 7.84. The van der Waals surface area contributed by atoms with Crippen molar-refractivity contribution in [3.05, 3.63) is 6.20 Å². The van der Waals surface area contributed by atoms with Gasteiger partial charge in [0.05, 0.1) is 6.04 Å². The lowest BCUT2D eigenvalue weighted by molar-refractivity contribution is -0.783. The number of H-pyrrole nitrogens is 1. The Bertz CT molecular complexity index is 363. The minimum atomic E-state index is 0.607. The van der Waals surface area contributed by atoms with Crippen molar-refractivity contribution in [1.82, 2.24) is 15.2 Å². The fourth-order valence-electron chi connectivity index (χ4n) is 3.24. The molecule has 0 bridgehead atoms. The van der Waals surface area contributed by atoms with Crippen molar-refractivity contribution >= 4 is 20.8 Å². The Kier molecular flexibility index (Phi) is 3.02. The van der Waals surface area contributed by atoms with Crippen LogP contribution in [0.3, 0.4) is 0 Å². The fraction of sp³-hybridized carbons (Fsp3) is 0.818. The normalized spacial score (nSPS) is 31.2.